The molecular weight excluding hydrogens is 735 g/mol. The molecule has 0 saturated heterocycles. The second-order valence-corrected chi connectivity index (χ2v) is 15.3. The summed E-state index contributed by atoms with van der Waals surface area (Å²) in [6.45, 7) is 9.14. The van der Waals surface area contributed by atoms with E-state index in [1.54, 1.807) is 6.33 Å². The van der Waals surface area contributed by atoms with Crippen LogP contribution in [0, 0.1) is 17.9 Å². The van der Waals surface area contributed by atoms with Gasteiger partial charge in [0.15, 0.2) is 0 Å². The summed E-state index contributed by atoms with van der Waals surface area (Å²) in [6.07, 6.45) is 7.39. The van der Waals surface area contributed by atoms with Crippen molar-refractivity contribution >= 4 is 92.5 Å². The molecule has 7 heteroatoms. The van der Waals surface area contributed by atoms with E-state index >= 15 is 0 Å². The third-order valence-corrected chi connectivity index (χ3v) is 12.5. The minimum atomic E-state index is 0.390. The van der Waals surface area contributed by atoms with Gasteiger partial charge in [0, 0.05) is 61.2 Å². The second kappa shape index (κ2) is 11.9. The van der Waals surface area contributed by atoms with Gasteiger partial charge in [-0.3, -0.25) is 4.98 Å². The van der Waals surface area contributed by atoms with Gasteiger partial charge in [0.05, 0.1) is 57.3 Å². The number of fused-ring (bicyclic) bond motifs is 6. The Balaban J connectivity index is 1.33. The Morgan fingerprint density at radius 3 is 1.63 bits per heavy atom. The summed E-state index contributed by atoms with van der Waals surface area (Å²) in [6, 6.07) is 50.5. The van der Waals surface area contributed by atoms with Gasteiger partial charge in [0.25, 0.3) is 0 Å². The molecule has 13 aromatic rings. The Morgan fingerprint density at radius 1 is 0.467 bits per heavy atom. The minimum Gasteiger partial charge on any atom is -0.317 e. The molecule has 0 N–H and O–H groups in total. The van der Waals surface area contributed by atoms with Crippen molar-refractivity contribution in [3.05, 3.63) is 181 Å². The fourth-order valence-corrected chi connectivity index (χ4v) is 10.3. The molecule has 0 spiro atoms. The molecule has 60 heavy (non-hydrogen) atoms. The highest BCUT2D eigenvalue weighted by Gasteiger charge is 2.33. The van der Waals surface area contributed by atoms with Crippen molar-refractivity contribution in [2.75, 3.05) is 0 Å². The van der Waals surface area contributed by atoms with Crippen LogP contribution >= 0.6 is 0 Å². The first-order chi connectivity index (χ1) is 29.8. The van der Waals surface area contributed by atoms with Gasteiger partial charge < -0.3 is 9.13 Å². The maximum atomic E-state index is 11.7. The molecule has 0 radical (unpaired) electrons. The smallest absolute Gasteiger partial charge is 0.220 e. The summed E-state index contributed by atoms with van der Waals surface area (Å²) in [5, 5.41) is 23.5. The van der Waals surface area contributed by atoms with E-state index in [0.717, 1.165) is 104 Å². The molecule has 0 aliphatic heterocycles. The molecule has 0 atom stereocenters. The van der Waals surface area contributed by atoms with Gasteiger partial charge in [-0.05, 0) is 50.9 Å². The SMILES string of the molecule is [C-]#[N+]c1c(-c2ccccc2)c(C#N)c(-n2c3cccc4c5cncnc5c5cccc2c5c43)c(-c2ccccc2)c1-n1c2cccc3c4ccccc4c4cncc1c4c32. The van der Waals surface area contributed by atoms with E-state index in [0.29, 0.717) is 28.2 Å². The third kappa shape index (κ3) is 4.02. The number of benzene rings is 9. The Morgan fingerprint density at radius 2 is 0.983 bits per heavy atom. The van der Waals surface area contributed by atoms with Gasteiger partial charge in [0.2, 0.25) is 5.69 Å². The van der Waals surface area contributed by atoms with Gasteiger partial charge in [-0.1, -0.05) is 121 Å². The molecule has 0 saturated carbocycles. The molecule has 274 valence electrons. The van der Waals surface area contributed by atoms with Crippen LogP contribution in [-0.2, 0) is 0 Å². The van der Waals surface area contributed by atoms with Crippen LogP contribution in [0.3, 0.4) is 0 Å². The van der Waals surface area contributed by atoms with Crippen molar-refractivity contribution in [2.24, 2.45) is 0 Å². The van der Waals surface area contributed by atoms with Gasteiger partial charge in [-0.2, -0.15) is 5.26 Å². The van der Waals surface area contributed by atoms with Crippen molar-refractivity contribution in [3.63, 3.8) is 0 Å². The summed E-state index contributed by atoms with van der Waals surface area (Å²) < 4.78 is 4.51. The van der Waals surface area contributed by atoms with E-state index in [1.807, 2.05) is 67.1 Å². The van der Waals surface area contributed by atoms with Crippen molar-refractivity contribution in [1.82, 2.24) is 24.1 Å². The number of aromatic nitrogens is 5. The first kappa shape index (κ1) is 32.4. The summed E-state index contributed by atoms with van der Waals surface area (Å²) in [5.41, 5.74) is 9.82. The average molecular weight is 762 g/mol. The number of nitriles is 1. The zero-order valence-electron chi connectivity index (χ0n) is 31.7. The first-order valence-electron chi connectivity index (χ1n) is 19.8. The van der Waals surface area contributed by atoms with Gasteiger partial charge in [-0.25, -0.2) is 14.8 Å². The Hall–Kier alpha value is -8.65. The highest BCUT2D eigenvalue weighted by Crippen LogP contribution is 2.54. The Labute approximate surface area is 341 Å². The molecule has 7 nitrogen and oxygen atoms in total. The predicted molar refractivity (Wildman–Crippen MR) is 243 cm³/mol. The molecule has 0 fully saturated rings. The van der Waals surface area contributed by atoms with Crippen LogP contribution in [0.2, 0.25) is 0 Å². The monoisotopic (exact) mass is 761 g/mol. The van der Waals surface area contributed by atoms with Gasteiger partial charge in [-0.15, -0.1) is 0 Å². The number of nitrogens with zero attached hydrogens (tertiary/aromatic N) is 7. The molecule has 4 aromatic heterocycles. The maximum absolute atomic E-state index is 11.7. The van der Waals surface area contributed by atoms with E-state index in [4.69, 9.17) is 16.5 Å². The van der Waals surface area contributed by atoms with Crippen LogP contribution in [-0.4, -0.2) is 24.1 Å². The maximum Gasteiger partial charge on any atom is 0.220 e. The van der Waals surface area contributed by atoms with E-state index in [2.05, 4.69) is 116 Å². The zero-order chi connectivity index (χ0) is 39.6. The highest BCUT2D eigenvalue weighted by atomic mass is 15.0. The summed E-state index contributed by atoms with van der Waals surface area (Å²) >= 11 is 0. The normalized spacial score (nSPS) is 12.0. The second-order valence-electron chi connectivity index (χ2n) is 15.3. The molecule has 0 unspecified atom stereocenters. The van der Waals surface area contributed by atoms with Gasteiger partial charge in [0.1, 0.15) is 12.4 Å². The standard InChI is InChI=1S/C53H27N7/c1-55-51-44(30-13-4-2-5-14-30)37(25-54)52(59-40-22-11-20-35-39-27-57-29-58-50(39)36-21-12-24-42(59)48(36)47(35)40)45(31-15-6-3-7-16-31)53(51)60-41-23-10-19-34-32-17-8-9-18-33(32)38-26-56-28-43(60)49(38)46(34)41/h2-24,26-29H. The third-order valence-electron chi connectivity index (χ3n) is 12.5. The van der Waals surface area contributed by atoms with Crippen LogP contribution in [0.4, 0.5) is 5.69 Å². The summed E-state index contributed by atoms with van der Waals surface area (Å²) in [7, 11) is 0. The minimum absolute atomic E-state index is 0.390. The first-order valence-corrected chi connectivity index (χ1v) is 19.8. The molecule has 0 amide bonds. The molecule has 0 bridgehead atoms. The Bertz CT molecular complexity index is 3620. The number of hydrogen-bond donors (Lipinski definition) is 0. The van der Waals surface area contributed by atoms with E-state index in [9.17, 15) is 5.26 Å². The largest absolute Gasteiger partial charge is 0.317 e. The van der Waals surface area contributed by atoms with Crippen molar-refractivity contribution < 1.29 is 0 Å². The lowest BCUT2D eigenvalue weighted by atomic mass is 9.88. The van der Waals surface area contributed by atoms with Crippen molar-refractivity contribution in [1.29, 1.82) is 5.26 Å². The van der Waals surface area contributed by atoms with Crippen LogP contribution in [0.5, 0.6) is 0 Å². The van der Waals surface area contributed by atoms with E-state index < -0.39 is 0 Å². The molecule has 0 aliphatic carbocycles. The lowest BCUT2D eigenvalue weighted by molar-refractivity contribution is 1.13. The molecule has 4 heterocycles. The highest BCUT2D eigenvalue weighted by molar-refractivity contribution is 6.35. The molecule has 0 aliphatic rings. The zero-order valence-corrected chi connectivity index (χ0v) is 31.7. The van der Waals surface area contributed by atoms with Crippen LogP contribution in [0.15, 0.2) is 164 Å². The van der Waals surface area contributed by atoms with Crippen LogP contribution in [0.25, 0.3) is 125 Å². The van der Waals surface area contributed by atoms with Gasteiger partial charge >= 0.3 is 0 Å². The fourth-order valence-electron chi connectivity index (χ4n) is 10.3. The fraction of sp³-hybridized carbons (Fsp3) is 0. The van der Waals surface area contributed by atoms with Crippen LogP contribution < -0.4 is 0 Å². The van der Waals surface area contributed by atoms with E-state index in [1.165, 1.54) is 0 Å². The lowest BCUT2D eigenvalue weighted by Crippen LogP contribution is -2.08. The topological polar surface area (TPSA) is 76.7 Å². The number of rotatable bonds is 4. The molecule has 13 rings (SSSR count). The summed E-state index contributed by atoms with van der Waals surface area (Å²) in [4.78, 5) is 18.6. The lowest BCUT2D eigenvalue weighted by Gasteiger charge is -2.25. The van der Waals surface area contributed by atoms with Crippen LogP contribution in [0.1, 0.15) is 5.56 Å². The summed E-state index contributed by atoms with van der Waals surface area (Å²) in [5.74, 6) is 0. The van der Waals surface area contributed by atoms with Crippen molar-refractivity contribution in [2.45, 2.75) is 0 Å². The Kier molecular flexibility index (Phi) is 6.45. The van der Waals surface area contributed by atoms with E-state index in [-0.39, 0.29) is 0 Å². The molecule has 9 aromatic carbocycles. The average Bonchev–Trinajstić information content (AvgIpc) is 3.84. The number of pyridine rings is 1. The van der Waals surface area contributed by atoms with Crippen molar-refractivity contribution in [3.8, 4) is 39.7 Å². The quantitative estimate of drug-likeness (QED) is 0.132. The predicted octanol–water partition coefficient (Wildman–Crippen LogP) is 13.3. The molecular formula is C53H27N7. The number of hydrogen-bond acceptors (Lipinski definition) is 4.